The fourth-order valence-electron chi connectivity index (χ4n) is 2.16. The lowest BCUT2D eigenvalue weighted by atomic mass is 10.1. The van der Waals surface area contributed by atoms with Crippen molar-refractivity contribution in [1.29, 1.82) is 0 Å². The first kappa shape index (κ1) is 16.6. The summed E-state index contributed by atoms with van der Waals surface area (Å²) in [6.07, 6.45) is 0.386. The van der Waals surface area contributed by atoms with Crippen LogP contribution in [0.5, 0.6) is 5.75 Å². The Hall–Kier alpha value is -1.81. The van der Waals surface area contributed by atoms with Crippen molar-refractivity contribution in [2.75, 3.05) is 13.2 Å². The number of nitrogens with one attached hydrogen (secondary N) is 1. The zero-order valence-corrected chi connectivity index (χ0v) is 14.4. The Balaban J connectivity index is 1.72. The minimum atomic E-state index is 0.00607. The van der Waals surface area contributed by atoms with Gasteiger partial charge in [0.15, 0.2) is 0 Å². The highest BCUT2D eigenvalue weighted by Crippen LogP contribution is 2.18. The van der Waals surface area contributed by atoms with Gasteiger partial charge in [0, 0.05) is 4.47 Å². The average Bonchev–Trinajstić information content (AvgIpc) is 2.48. The van der Waals surface area contributed by atoms with E-state index in [0.29, 0.717) is 19.6 Å². The summed E-state index contributed by atoms with van der Waals surface area (Å²) < 4.78 is 6.70. The molecule has 0 spiro atoms. The molecule has 0 aliphatic rings. The first-order valence-electron chi connectivity index (χ1n) is 7.26. The highest BCUT2D eigenvalue weighted by Gasteiger charge is 2.04. The summed E-state index contributed by atoms with van der Waals surface area (Å²) in [5.41, 5.74) is 3.32. The monoisotopic (exact) mass is 361 g/mol. The van der Waals surface area contributed by atoms with E-state index < -0.39 is 0 Å². The molecule has 22 heavy (non-hydrogen) atoms. The average molecular weight is 362 g/mol. The lowest BCUT2D eigenvalue weighted by Crippen LogP contribution is -2.29. The Morgan fingerprint density at radius 3 is 2.55 bits per heavy atom. The second-order valence-corrected chi connectivity index (χ2v) is 6.19. The van der Waals surface area contributed by atoms with Crippen LogP contribution in [0.1, 0.15) is 16.7 Å². The maximum Gasteiger partial charge on any atom is 0.224 e. The van der Waals surface area contributed by atoms with Crippen LogP contribution in [0.2, 0.25) is 0 Å². The number of aryl methyl sites for hydroxylation is 2. The largest absolute Gasteiger partial charge is 0.491 e. The van der Waals surface area contributed by atoms with Gasteiger partial charge in [0.1, 0.15) is 12.4 Å². The molecule has 0 saturated carbocycles. The molecule has 0 bridgehead atoms. The number of hydrogen-bond donors (Lipinski definition) is 1. The Kier molecular flexibility index (Phi) is 6.01. The predicted octanol–water partition coefficient (Wildman–Crippen LogP) is 3.80. The maximum absolute atomic E-state index is 11.8. The van der Waals surface area contributed by atoms with Gasteiger partial charge >= 0.3 is 0 Å². The maximum atomic E-state index is 11.8. The molecule has 0 aromatic heterocycles. The van der Waals surface area contributed by atoms with Gasteiger partial charge in [-0.25, -0.2) is 0 Å². The number of ether oxygens (including phenoxy) is 1. The fraction of sp³-hybridized carbons (Fsp3) is 0.278. The molecule has 0 heterocycles. The van der Waals surface area contributed by atoms with Crippen molar-refractivity contribution in [2.45, 2.75) is 20.3 Å². The molecular formula is C18H20BrNO2. The van der Waals surface area contributed by atoms with E-state index in [1.807, 2.05) is 43.3 Å². The molecule has 1 amide bonds. The van der Waals surface area contributed by atoms with Gasteiger partial charge in [0.25, 0.3) is 0 Å². The molecule has 2 rings (SSSR count). The highest BCUT2D eigenvalue weighted by molar-refractivity contribution is 9.10. The third-order valence-electron chi connectivity index (χ3n) is 3.29. The molecule has 1 N–H and O–H groups in total. The normalized spacial score (nSPS) is 10.3. The summed E-state index contributed by atoms with van der Waals surface area (Å²) in [5, 5.41) is 2.87. The summed E-state index contributed by atoms with van der Waals surface area (Å²) in [6, 6.07) is 13.8. The van der Waals surface area contributed by atoms with E-state index in [1.165, 1.54) is 5.56 Å². The number of carbonyl (C=O) groups excluding carboxylic acids is 1. The molecule has 2 aromatic carbocycles. The first-order chi connectivity index (χ1) is 10.5. The van der Waals surface area contributed by atoms with E-state index in [0.717, 1.165) is 21.3 Å². The van der Waals surface area contributed by atoms with Crippen molar-refractivity contribution >= 4 is 21.8 Å². The van der Waals surface area contributed by atoms with Crippen LogP contribution in [0, 0.1) is 13.8 Å². The van der Waals surface area contributed by atoms with Crippen LogP contribution in [0.15, 0.2) is 46.9 Å². The standard InChI is InChI=1S/C18H20BrNO2/c1-13-3-8-17(14(2)11-13)22-10-9-20-18(21)12-15-4-6-16(19)7-5-15/h3-8,11H,9-10,12H2,1-2H3,(H,20,21). The number of rotatable bonds is 6. The Labute approximate surface area is 139 Å². The van der Waals surface area contributed by atoms with Gasteiger partial charge in [0.05, 0.1) is 13.0 Å². The molecule has 0 aliphatic carbocycles. The van der Waals surface area contributed by atoms with E-state index in [1.54, 1.807) is 0 Å². The highest BCUT2D eigenvalue weighted by atomic mass is 79.9. The molecule has 0 fully saturated rings. The van der Waals surface area contributed by atoms with Gasteiger partial charge in [-0.15, -0.1) is 0 Å². The zero-order chi connectivity index (χ0) is 15.9. The number of halogens is 1. The van der Waals surface area contributed by atoms with Gasteiger partial charge in [-0.05, 0) is 43.2 Å². The Morgan fingerprint density at radius 1 is 1.14 bits per heavy atom. The van der Waals surface area contributed by atoms with Crippen LogP contribution < -0.4 is 10.1 Å². The number of benzene rings is 2. The van der Waals surface area contributed by atoms with Crippen LogP contribution in [0.25, 0.3) is 0 Å². The second kappa shape index (κ2) is 7.99. The molecule has 4 heteroatoms. The van der Waals surface area contributed by atoms with Crippen molar-refractivity contribution < 1.29 is 9.53 Å². The summed E-state index contributed by atoms with van der Waals surface area (Å²) >= 11 is 3.38. The predicted molar refractivity (Wildman–Crippen MR) is 92.3 cm³/mol. The van der Waals surface area contributed by atoms with Crippen molar-refractivity contribution in [3.63, 3.8) is 0 Å². The van der Waals surface area contributed by atoms with E-state index in [4.69, 9.17) is 4.74 Å². The second-order valence-electron chi connectivity index (χ2n) is 5.27. The number of amides is 1. The smallest absolute Gasteiger partial charge is 0.224 e. The number of hydrogen-bond acceptors (Lipinski definition) is 2. The zero-order valence-electron chi connectivity index (χ0n) is 12.9. The van der Waals surface area contributed by atoms with Crippen LogP contribution in [0.4, 0.5) is 0 Å². The third-order valence-corrected chi connectivity index (χ3v) is 3.82. The van der Waals surface area contributed by atoms with Crippen molar-refractivity contribution in [2.24, 2.45) is 0 Å². The van der Waals surface area contributed by atoms with E-state index in [2.05, 4.69) is 34.2 Å². The van der Waals surface area contributed by atoms with E-state index >= 15 is 0 Å². The summed E-state index contributed by atoms with van der Waals surface area (Å²) in [6.45, 7) is 5.05. The quantitative estimate of drug-likeness (QED) is 0.794. The summed E-state index contributed by atoms with van der Waals surface area (Å²) in [7, 11) is 0. The minimum absolute atomic E-state index is 0.00607. The number of carbonyl (C=O) groups is 1. The van der Waals surface area contributed by atoms with Gasteiger partial charge < -0.3 is 10.1 Å². The van der Waals surface area contributed by atoms with Gasteiger partial charge in [-0.2, -0.15) is 0 Å². The topological polar surface area (TPSA) is 38.3 Å². The molecular weight excluding hydrogens is 342 g/mol. The molecule has 3 nitrogen and oxygen atoms in total. The van der Waals surface area contributed by atoms with Crippen LogP contribution in [0.3, 0.4) is 0 Å². The first-order valence-corrected chi connectivity index (χ1v) is 8.05. The van der Waals surface area contributed by atoms with Gasteiger partial charge in [-0.3, -0.25) is 4.79 Å². The fourth-order valence-corrected chi connectivity index (χ4v) is 2.43. The SMILES string of the molecule is Cc1ccc(OCCNC(=O)Cc2ccc(Br)cc2)c(C)c1. The van der Waals surface area contributed by atoms with Crippen LogP contribution in [-0.4, -0.2) is 19.1 Å². The third kappa shape index (κ3) is 5.19. The van der Waals surface area contributed by atoms with Crippen LogP contribution >= 0.6 is 15.9 Å². The Bertz CT molecular complexity index is 638. The molecule has 0 atom stereocenters. The van der Waals surface area contributed by atoms with Gasteiger partial charge in [-0.1, -0.05) is 45.8 Å². The van der Waals surface area contributed by atoms with Crippen molar-refractivity contribution in [1.82, 2.24) is 5.32 Å². The lowest BCUT2D eigenvalue weighted by molar-refractivity contribution is -0.120. The van der Waals surface area contributed by atoms with Crippen molar-refractivity contribution in [3.05, 3.63) is 63.6 Å². The summed E-state index contributed by atoms with van der Waals surface area (Å²) in [5.74, 6) is 0.874. The van der Waals surface area contributed by atoms with E-state index in [9.17, 15) is 4.79 Å². The van der Waals surface area contributed by atoms with Gasteiger partial charge in [0.2, 0.25) is 5.91 Å². The minimum Gasteiger partial charge on any atom is -0.491 e. The Morgan fingerprint density at radius 2 is 1.86 bits per heavy atom. The molecule has 0 unspecified atom stereocenters. The molecule has 116 valence electrons. The molecule has 0 aliphatic heterocycles. The van der Waals surface area contributed by atoms with Crippen molar-refractivity contribution in [3.8, 4) is 5.75 Å². The molecule has 2 aromatic rings. The molecule has 0 saturated heterocycles. The van der Waals surface area contributed by atoms with Crippen LogP contribution in [-0.2, 0) is 11.2 Å². The lowest BCUT2D eigenvalue weighted by Gasteiger charge is -2.10. The van der Waals surface area contributed by atoms with E-state index in [-0.39, 0.29) is 5.91 Å². The molecule has 0 radical (unpaired) electrons. The summed E-state index contributed by atoms with van der Waals surface area (Å²) in [4.78, 5) is 11.8.